The summed E-state index contributed by atoms with van der Waals surface area (Å²) in [7, 11) is 1.47. The molecule has 0 radical (unpaired) electrons. The number of benzene rings is 1. The molecule has 0 aliphatic heterocycles. The maximum absolute atomic E-state index is 11.9. The van der Waals surface area contributed by atoms with Crippen molar-refractivity contribution in [2.75, 3.05) is 18.2 Å². The molecule has 2 aromatic rings. The van der Waals surface area contributed by atoms with Crippen LogP contribution in [0.25, 0.3) is 0 Å². The smallest absolute Gasteiger partial charge is 0.324 e. The van der Waals surface area contributed by atoms with Crippen LogP contribution >= 0.6 is 11.3 Å². The Morgan fingerprint density at radius 2 is 2.20 bits per heavy atom. The molecule has 0 aliphatic rings. The molecule has 3 N–H and O–H groups in total. The van der Waals surface area contributed by atoms with Gasteiger partial charge in [0, 0.05) is 23.2 Å². The predicted octanol–water partition coefficient (Wildman–Crippen LogP) is 2.50. The van der Waals surface area contributed by atoms with Crippen LogP contribution in [0.5, 0.6) is 5.75 Å². The van der Waals surface area contributed by atoms with E-state index in [-0.39, 0.29) is 10.6 Å². The highest BCUT2D eigenvalue weighted by Crippen LogP contribution is 2.26. The van der Waals surface area contributed by atoms with Gasteiger partial charge in [-0.25, -0.2) is 0 Å². The van der Waals surface area contributed by atoms with E-state index in [4.69, 9.17) is 10.5 Å². The third-order valence-corrected chi connectivity index (χ3v) is 3.40. The van der Waals surface area contributed by atoms with Crippen LogP contribution in [0.4, 0.5) is 16.4 Å². The summed E-state index contributed by atoms with van der Waals surface area (Å²) >= 11 is 0.902. The van der Waals surface area contributed by atoms with E-state index in [9.17, 15) is 14.9 Å². The van der Waals surface area contributed by atoms with Crippen molar-refractivity contribution in [2.45, 2.75) is 0 Å². The Bertz CT molecular complexity index is 668. The topological polar surface area (TPSA) is 107 Å². The maximum Gasteiger partial charge on any atom is 0.324 e. The van der Waals surface area contributed by atoms with Crippen LogP contribution < -0.4 is 15.8 Å². The normalized spacial score (nSPS) is 10.1. The quantitative estimate of drug-likeness (QED) is 0.511. The Kier molecular flexibility index (Phi) is 3.85. The highest BCUT2D eigenvalue weighted by Gasteiger charge is 2.15. The average Bonchev–Trinajstić information content (AvgIpc) is 2.91. The molecule has 0 unspecified atom stereocenters. The van der Waals surface area contributed by atoms with Crippen molar-refractivity contribution < 1.29 is 14.5 Å². The summed E-state index contributed by atoms with van der Waals surface area (Å²) in [4.78, 5) is 22.0. The number of nitrogens with zero attached hydrogens (tertiary/aromatic N) is 1. The van der Waals surface area contributed by atoms with Crippen molar-refractivity contribution in [3.05, 3.63) is 45.3 Å². The third kappa shape index (κ3) is 2.86. The van der Waals surface area contributed by atoms with E-state index in [0.29, 0.717) is 17.1 Å². The molecule has 0 bridgehead atoms. The average molecular weight is 293 g/mol. The molecule has 0 spiro atoms. The van der Waals surface area contributed by atoms with E-state index in [1.807, 2.05) is 0 Å². The summed E-state index contributed by atoms with van der Waals surface area (Å²) in [5.74, 6) is 0.0141. The van der Waals surface area contributed by atoms with Crippen LogP contribution in [0.2, 0.25) is 0 Å². The van der Waals surface area contributed by atoms with Crippen molar-refractivity contribution in [2.24, 2.45) is 0 Å². The minimum Gasteiger partial charge on any atom is -0.495 e. The van der Waals surface area contributed by atoms with Crippen molar-refractivity contribution in [1.82, 2.24) is 0 Å². The molecule has 0 saturated heterocycles. The Morgan fingerprint density at radius 1 is 1.45 bits per heavy atom. The first-order valence-electron chi connectivity index (χ1n) is 5.49. The second-order valence-electron chi connectivity index (χ2n) is 3.84. The van der Waals surface area contributed by atoms with Gasteiger partial charge in [0.05, 0.1) is 23.3 Å². The molecule has 0 saturated carbocycles. The Hall–Kier alpha value is -2.61. The number of anilines is 2. The molecule has 1 aromatic heterocycles. The maximum atomic E-state index is 11.9. The molecule has 7 nitrogen and oxygen atoms in total. The fourth-order valence-electron chi connectivity index (χ4n) is 1.53. The van der Waals surface area contributed by atoms with E-state index in [1.54, 1.807) is 18.2 Å². The number of hydrogen-bond acceptors (Lipinski definition) is 6. The van der Waals surface area contributed by atoms with Crippen molar-refractivity contribution in [3.8, 4) is 5.75 Å². The summed E-state index contributed by atoms with van der Waals surface area (Å²) < 4.78 is 5.04. The van der Waals surface area contributed by atoms with Gasteiger partial charge in [-0.3, -0.25) is 14.9 Å². The van der Waals surface area contributed by atoms with E-state index < -0.39 is 10.8 Å². The Balaban J connectivity index is 2.16. The number of thiophene rings is 1. The zero-order chi connectivity index (χ0) is 14.7. The molecule has 2 rings (SSSR count). The van der Waals surface area contributed by atoms with Crippen molar-refractivity contribution >= 4 is 33.6 Å². The van der Waals surface area contributed by atoms with Gasteiger partial charge in [-0.05, 0) is 12.1 Å². The van der Waals surface area contributed by atoms with Gasteiger partial charge in [-0.2, -0.15) is 0 Å². The van der Waals surface area contributed by atoms with E-state index in [2.05, 4.69) is 5.32 Å². The van der Waals surface area contributed by atoms with E-state index >= 15 is 0 Å². The first kappa shape index (κ1) is 13.8. The molecular weight excluding hydrogens is 282 g/mol. The van der Waals surface area contributed by atoms with Gasteiger partial charge in [0.15, 0.2) is 0 Å². The largest absolute Gasteiger partial charge is 0.495 e. The molecule has 1 amide bonds. The zero-order valence-corrected chi connectivity index (χ0v) is 11.3. The number of nitro groups is 1. The van der Waals surface area contributed by atoms with Crippen molar-refractivity contribution in [1.29, 1.82) is 0 Å². The Morgan fingerprint density at radius 3 is 2.80 bits per heavy atom. The van der Waals surface area contributed by atoms with Crippen LogP contribution in [0, 0.1) is 10.1 Å². The number of methoxy groups -OCH3 is 1. The molecule has 0 aliphatic carbocycles. The zero-order valence-electron chi connectivity index (χ0n) is 10.5. The predicted molar refractivity (Wildman–Crippen MR) is 76.3 cm³/mol. The van der Waals surface area contributed by atoms with Gasteiger partial charge in [0.25, 0.3) is 5.91 Å². The second-order valence-corrected chi connectivity index (χ2v) is 4.73. The lowest BCUT2D eigenvalue weighted by Crippen LogP contribution is -2.11. The molecule has 0 atom stereocenters. The summed E-state index contributed by atoms with van der Waals surface area (Å²) in [5, 5.41) is 14.5. The fraction of sp³-hybridized carbons (Fsp3) is 0.0833. The SMILES string of the molecule is COc1cc(NC(=O)c2csc([N+](=O)[O-])c2)ccc1N. The van der Waals surface area contributed by atoms with Crippen LogP contribution in [0.15, 0.2) is 29.6 Å². The van der Waals surface area contributed by atoms with E-state index in [0.717, 1.165) is 11.3 Å². The van der Waals surface area contributed by atoms with E-state index in [1.165, 1.54) is 18.6 Å². The number of rotatable bonds is 4. The van der Waals surface area contributed by atoms with Crippen LogP contribution in [-0.4, -0.2) is 17.9 Å². The van der Waals surface area contributed by atoms with Gasteiger partial charge >= 0.3 is 5.00 Å². The molecular formula is C12H11N3O4S. The number of ether oxygens (including phenoxy) is 1. The minimum atomic E-state index is -0.534. The summed E-state index contributed by atoms with van der Waals surface area (Å²) in [5.41, 5.74) is 6.85. The van der Waals surface area contributed by atoms with Gasteiger partial charge in [0.2, 0.25) is 0 Å². The van der Waals surface area contributed by atoms with Crippen LogP contribution in [0.1, 0.15) is 10.4 Å². The summed E-state index contributed by atoms with van der Waals surface area (Å²) in [6.07, 6.45) is 0. The summed E-state index contributed by atoms with van der Waals surface area (Å²) in [6, 6.07) is 6.03. The molecule has 1 aromatic carbocycles. The van der Waals surface area contributed by atoms with Crippen molar-refractivity contribution in [3.63, 3.8) is 0 Å². The van der Waals surface area contributed by atoms with Gasteiger partial charge < -0.3 is 15.8 Å². The molecule has 20 heavy (non-hydrogen) atoms. The number of carbonyl (C=O) groups excluding carboxylic acids is 1. The number of amides is 1. The van der Waals surface area contributed by atoms with Gasteiger partial charge in [-0.15, -0.1) is 0 Å². The lowest BCUT2D eigenvalue weighted by atomic mass is 10.2. The highest BCUT2D eigenvalue weighted by atomic mass is 32.1. The third-order valence-electron chi connectivity index (χ3n) is 2.52. The molecule has 104 valence electrons. The van der Waals surface area contributed by atoms with Crippen LogP contribution in [0.3, 0.4) is 0 Å². The summed E-state index contributed by atoms with van der Waals surface area (Å²) in [6.45, 7) is 0. The fourth-order valence-corrected chi connectivity index (χ4v) is 2.24. The second kappa shape index (κ2) is 5.57. The Labute approximate surface area is 118 Å². The molecule has 0 fully saturated rings. The van der Waals surface area contributed by atoms with Crippen LogP contribution in [-0.2, 0) is 0 Å². The molecule has 8 heteroatoms. The number of carbonyl (C=O) groups is 1. The standard InChI is InChI=1S/C12H11N3O4S/c1-19-10-5-8(2-3-9(10)13)14-12(16)7-4-11(15(17)18)20-6-7/h2-6H,13H2,1H3,(H,14,16). The minimum absolute atomic E-state index is 0.0787. The number of nitrogen functional groups attached to an aromatic ring is 1. The monoisotopic (exact) mass is 293 g/mol. The number of hydrogen-bond donors (Lipinski definition) is 2. The highest BCUT2D eigenvalue weighted by molar-refractivity contribution is 7.13. The number of nitrogens with two attached hydrogens (primary N) is 1. The first-order valence-corrected chi connectivity index (χ1v) is 6.37. The lowest BCUT2D eigenvalue weighted by Gasteiger charge is -2.08. The molecule has 1 heterocycles. The van der Waals surface area contributed by atoms with Gasteiger partial charge in [0.1, 0.15) is 5.75 Å². The number of nitrogens with one attached hydrogen (secondary N) is 1. The van der Waals surface area contributed by atoms with Gasteiger partial charge in [-0.1, -0.05) is 11.3 Å². The first-order chi connectivity index (χ1) is 9.51. The lowest BCUT2D eigenvalue weighted by molar-refractivity contribution is -0.380.